The van der Waals surface area contributed by atoms with Crippen molar-refractivity contribution in [1.82, 2.24) is 0 Å². The van der Waals surface area contributed by atoms with E-state index in [0.717, 1.165) is 6.07 Å². The van der Waals surface area contributed by atoms with Crippen molar-refractivity contribution in [3.05, 3.63) is 58.9 Å². The molecular weight excluding hydrogens is 295 g/mol. The zero-order valence-corrected chi connectivity index (χ0v) is 11.3. The number of nitrogens with two attached hydrogens (primary N) is 1. The van der Waals surface area contributed by atoms with Crippen LogP contribution >= 0.6 is 0 Å². The minimum Gasteiger partial charge on any atom is -0.505 e. The summed E-state index contributed by atoms with van der Waals surface area (Å²) in [6.45, 7) is -2.90. The van der Waals surface area contributed by atoms with Crippen LogP contribution in [-0.4, -0.2) is 11.7 Å². The molecule has 0 radical (unpaired) electrons. The molecule has 0 atom stereocenters. The van der Waals surface area contributed by atoms with Gasteiger partial charge in [-0.1, -0.05) is 11.8 Å². The number of hydrogen-bond acceptors (Lipinski definition) is 3. The summed E-state index contributed by atoms with van der Waals surface area (Å²) in [4.78, 5) is 0. The van der Waals surface area contributed by atoms with Crippen LogP contribution < -0.4 is 10.5 Å². The summed E-state index contributed by atoms with van der Waals surface area (Å²) in [6.07, 6.45) is 0. The zero-order valence-electron chi connectivity index (χ0n) is 11.3. The van der Waals surface area contributed by atoms with Gasteiger partial charge in [-0.15, -0.1) is 0 Å². The monoisotopic (exact) mass is 307 g/mol. The second kappa shape index (κ2) is 6.87. The van der Waals surface area contributed by atoms with Crippen molar-refractivity contribution >= 4 is 0 Å². The highest BCUT2D eigenvalue weighted by Crippen LogP contribution is 2.22. The molecule has 0 spiro atoms. The molecule has 0 aromatic heterocycles. The van der Waals surface area contributed by atoms with Crippen LogP contribution in [-0.2, 0) is 6.54 Å². The lowest BCUT2D eigenvalue weighted by Crippen LogP contribution is -2.07. The van der Waals surface area contributed by atoms with Crippen LogP contribution in [0.15, 0.2) is 36.4 Å². The first-order valence-corrected chi connectivity index (χ1v) is 6.28. The smallest absolute Gasteiger partial charge is 0.387 e. The Labute approximate surface area is 125 Å². The quantitative estimate of drug-likeness (QED) is 0.857. The molecular formula is C16H12F3NO2. The standard InChI is InChI=1S/C16H12F3NO2/c17-13-5-3-11(8-14(13)21)2-1-10-4-6-15(22-16(18)19)12(7-10)9-20/h3-8,16,21H,9,20H2. The van der Waals surface area contributed by atoms with Crippen LogP contribution in [0, 0.1) is 17.7 Å². The number of hydrogen-bond donors (Lipinski definition) is 2. The second-order valence-corrected chi connectivity index (χ2v) is 4.32. The van der Waals surface area contributed by atoms with Gasteiger partial charge in [0.15, 0.2) is 11.6 Å². The predicted octanol–water partition coefficient (Wildman–Crippen LogP) is 2.99. The number of halogens is 3. The van der Waals surface area contributed by atoms with Gasteiger partial charge in [0.1, 0.15) is 5.75 Å². The Kier molecular flexibility index (Phi) is 4.92. The van der Waals surface area contributed by atoms with Crippen molar-refractivity contribution in [3.8, 4) is 23.3 Å². The van der Waals surface area contributed by atoms with Gasteiger partial charge in [-0.05, 0) is 36.4 Å². The molecule has 2 aromatic carbocycles. The Bertz CT molecular complexity index is 736. The van der Waals surface area contributed by atoms with Gasteiger partial charge in [-0.3, -0.25) is 0 Å². The molecule has 0 aliphatic rings. The fourth-order valence-electron chi connectivity index (χ4n) is 1.76. The van der Waals surface area contributed by atoms with Crippen molar-refractivity contribution in [2.75, 3.05) is 0 Å². The first-order chi connectivity index (χ1) is 10.5. The molecule has 0 amide bonds. The maximum absolute atomic E-state index is 12.9. The third kappa shape index (κ3) is 3.93. The highest BCUT2D eigenvalue weighted by atomic mass is 19.3. The average Bonchev–Trinajstić information content (AvgIpc) is 2.49. The van der Waals surface area contributed by atoms with E-state index in [4.69, 9.17) is 5.73 Å². The van der Waals surface area contributed by atoms with Crippen LogP contribution in [0.2, 0.25) is 0 Å². The minimum atomic E-state index is -2.93. The van der Waals surface area contributed by atoms with Crippen LogP contribution in [0.4, 0.5) is 13.2 Å². The Morgan fingerprint density at radius 1 is 1.09 bits per heavy atom. The summed E-state index contributed by atoms with van der Waals surface area (Å²) in [7, 11) is 0. The third-order valence-corrected chi connectivity index (χ3v) is 2.79. The first kappa shape index (κ1) is 15.7. The number of ether oxygens (including phenoxy) is 1. The molecule has 0 fully saturated rings. The largest absolute Gasteiger partial charge is 0.505 e. The van der Waals surface area contributed by atoms with Crippen molar-refractivity contribution in [3.63, 3.8) is 0 Å². The van der Waals surface area contributed by atoms with Crippen LogP contribution in [0.3, 0.4) is 0 Å². The van der Waals surface area contributed by atoms with E-state index in [1.54, 1.807) is 0 Å². The van der Waals surface area contributed by atoms with Gasteiger partial charge in [0.05, 0.1) is 0 Å². The zero-order chi connectivity index (χ0) is 16.1. The summed E-state index contributed by atoms with van der Waals surface area (Å²) in [5.41, 5.74) is 6.84. The molecule has 0 saturated heterocycles. The third-order valence-electron chi connectivity index (χ3n) is 2.79. The molecule has 0 saturated carbocycles. The first-order valence-electron chi connectivity index (χ1n) is 6.28. The summed E-state index contributed by atoms with van der Waals surface area (Å²) < 4.78 is 41.7. The Morgan fingerprint density at radius 2 is 1.73 bits per heavy atom. The molecule has 3 nitrogen and oxygen atoms in total. The van der Waals surface area contributed by atoms with Gasteiger partial charge < -0.3 is 15.6 Å². The molecule has 6 heteroatoms. The van der Waals surface area contributed by atoms with Gasteiger partial charge in [-0.2, -0.15) is 8.78 Å². The van der Waals surface area contributed by atoms with Gasteiger partial charge in [0.2, 0.25) is 0 Å². The second-order valence-electron chi connectivity index (χ2n) is 4.32. The summed E-state index contributed by atoms with van der Waals surface area (Å²) in [6, 6.07) is 8.12. The molecule has 0 aliphatic carbocycles. The topological polar surface area (TPSA) is 55.5 Å². The lowest BCUT2D eigenvalue weighted by atomic mass is 10.1. The fourth-order valence-corrected chi connectivity index (χ4v) is 1.76. The normalized spacial score (nSPS) is 10.2. The number of aromatic hydroxyl groups is 1. The molecule has 0 heterocycles. The lowest BCUT2D eigenvalue weighted by Gasteiger charge is -2.09. The maximum atomic E-state index is 12.9. The number of phenolic OH excluding ortho intramolecular Hbond substituents is 1. The van der Waals surface area contributed by atoms with E-state index < -0.39 is 18.2 Å². The van der Waals surface area contributed by atoms with E-state index in [1.165, 1.54) is 30.3 Å². The van der Waals surface area contributed by atoms with Gasteiger partial charge in [0, 0.05) is 23.2 Å². The summed E-state index contributed by atoms with van der Waals surface area (Å²) in [5, 5.41) is 9.25. The molecule has 22 heavy (non-hydrogen) atoms. The Hall–Kier alpha value is -2.65. The van der Waals surface area contributed by atoms with E-state index in [2.05, 4.69) is 16.6 Å². The fraction of sp³-hybridized carbons (Fsp3) is 0.125. The number of rotatable bonds is 3. The summed E-state index contributed by atoms with van der Waals surface area (Å²) in [5.74, 6) is 4.29. The molecule has 0 bridgehead atoms. The minimum absolute atomic E-state index is 0.00229. The van der Waals surface area contributed by atoms with Crippen molar-refractivity contribution in [2.45, 2.75) is 13.2 Å². The van der Waals surface area contributed by atoms with Crippen molar-refractivity contribution < 1.29 is 23.0 Å². The molecule has 2 aromatic rings. The van der Waals surface area contributed by atoms with Gasteiger partial charge >= 0.3 is 6.61 Å². The SMILES string of the molecule is NCc1cc(C#Cc2ccc(F)c(O)c2)ccc1OC(F)F. The predicted molar refractivity (Wildman–Crippen MR) is 75.0 cm³/mol. The van der Waals surface area contributed by atoms with E-state index in [0.29, 0.717) is 16.7 Å². The molecule has 0 unspecified atom stereocenters. The van der Waals surface area contributed by atoms with Gasteiger partial charge in [0.25, 0.3) is 0 Å². The molecule has 2 rings (SSSR count). The molecule has 114 valence electrons. The summed E-state index contributed by atoms with van der Waals surface area (Å²) >= 11 is 0. The number of phenols is 1. The van der Waals surface area contributed by atoms with Crippen LogP contribution in [0.1, 0.15) is 16.7 Å². The molecule has 0 aliphatic heterocycles. The lowest BCUT2D eigenvalue weighted by molar-refractivity contribution is -0.0504. The van der Waals surface area contributed by atoms with Crippen molar-refractivity contribution in [2.24, 2.45) is 5.73 Å². The number of alkyl halides is 2. The maximum Gasteiger partial charge on any atom is 0.387 e. The average molecular weight is 307 g/mol. The van der Waals surface area contributed by atoms with Crippen LogP contribution in [0.25, 0.3) is 0 Å². The van der Waals surface area contributed by atoms with E-state index in [1.807, 2.05) is 0 Å². The molecule has 3 N–H and O–H groups in total. The van der Waals surface area contributed by atoms with E-state index >= 15 is 0 Å². The highest BCUT2D eigenvalue weighted by molar-refractivity contribution is 5.48. The van der Waals surface area contributed by atoms with Crippen LogP contribution in [0.5, 0.6) is 11.5 Å². The van der Waals surface area contributed by atoms with E-state index in [9.17, 15) is 18.3 Å². The van der Waals surface area contributed by atoms with Crippen molar-refractivity contribution in [1.29, 1.82) is 0 Å². The van der Waals surface area contributed by atoms with E-state index in [-0.39, 0.29) is 12.3 Å². The van der Waals surface area contributed by atoms with Gasteiger partial charge in [-0.25, -0.2) is 4.39 Å². The number of benzene rings is 2. The highest BCUT2D eigenvalue weighted by Gasteiger charge is 2.09. The Morgan fingerprint density at radius 3 is 2.32 bits per heavy atom. The Balaban J connectivity index is 2.27.